The van der Waals surface area contributed by atoms with Crippen molar-refractivity contribution in [1.82, 2.24) is 4.31 Å². The number of sulfonamides is 1. The van der Waals surface area contributed by atoms with Crippen molar-refractivity contribution in [3.8, 4) is 0 Å². The van der Waals surface area contributed by atoms with E-state index in [1.807, 2.05) is 0 Å². The second-order valence-corrected chi connectivity index (χ2v) is 7.79. The number of rotatable bonds is 4. The van der Waals surface area contributed by atoms with E-state index in [9.17, 15) is 13.2 Å². The first-order chi connectivity index (χ1) is 10.7. The molecule has 2 aromatic carbocycles. The summed E-state index contributed by atoms with van der Waals surface area (Å²) in [5.74, 6) is -0.400. The molecule has 2 aromatic rings. The highest BCUT2D eigenvalue weighted by Crippen LogP contribution is 2.21. The highest BCUT2D eigenvalue weighted by atomic mass is 35.5. The zero-order chi connectivity index (χ0) is 17.2. The molecule has 122 valence electrons. The van der Waals surface area contributed by atoms with Crippen molar-refractivity contribution < 1.29 is 13.2 Å². The van der Waals surface area contributed by atoms with Crippen molar-refractivity contribution in [3.05, 3.63) is 58.6 Å². The number of hydrogen-bond acceptors (Lipinski definition) is 3. The number of hydrogen-bond donors (Lipinski definition) is 1. The summed E-state index contributed by atoms with van der Waals surface area (Å²) in [5.41, 5.74) is 1.38. The lowest BCUT2D eigenvalue weighted by Crippen LogP contribution is -2.23. The van der Waals surface area contributed by atoms with Crippen molar-refractivity contribution >= 4 is 33.2 Å². The molecule has 0 saturated carbocycles. The average molecular weight is 353 g/mol. The number of nitrogens with zero attached hydrogens (tertiary/aromatic N) is 1. The van der Waals surface area contributed by atoms with Crippen LogP contribution in [0.1, 0.15) is 15.9 Å². The predicted molar refractivity (Wildman–Crippen MR) is 91.5 cm³/mol. The molecule has 0 spiro atoms. The number of benzene rings is 2. The Morgan fingerprint density at radius 2 is 1.83 bits per heavy atom. The summed E-state index contributed by atoms with van der Waals surface area (Å²) < 4.78 is 25.7. The summed E-state index contributed by atoms with van der Waals surface area (Å²) in [4.78, 5) is 12.4. The quantitative estimate of drug-likeness (QED) is 0.919. The van der Waals surface area contributed by atoms with Crippen molar-refractivity contribution in [3.63, 3.8) is 0 Å². The third-order valence-electron chi connectivity index (χ3n) is 3.29. The van der Waals surface area contributed by atoms with Gasteiger partial charge in [-0.05, 0) is 42.8 Å². The van der Waals surface area contributed by atoms with E-state index in [1.165, 1.54) is 20.2 Å². The molecule has 1 amide bonds. The molecule has 7 heteroatoms. The molecule has 2 rings (SSSR count). The van der Waals surface area contributed by atoms with Gasteiger partial charge in [0.2, 0.25) is 10.0 Å². The summed E-state index contributed by atoms with van der Waals surface area (Å²) in [5, 5.41) is 3.20. The van der Waals surface area contributed by atoms with Gasteiger partial charge >= 0.3 is 0 Å². The monoisotopic (exact) mass is 352 g/mol. The topological polar surface area (TPSA) is 66.5 Å². The minimum absolute atomic E-state index is 0.112. The molecule has 0 heterocycles. The maximum Gasteiger partial charge on any atom is 0.255 e. The van der Waals surface area contributed by atoms with Crippen LogP contribution < -0.4 is 5.32 Å². The first-order valence-corrected chi connectivity index (χ1v) is 8.63. The second-order valence-electron chi connectivity index (χ2n) is 5.23. The molecule has 0 atom stereocenters. The van der Waals surface area contributed by atoms with Gasteiger partial charge in [-0.15, -0.1) is 0 Å². The fraction of sp³-hybridized carbons (Fsp3) is 0.188. The molecule has 0 aromatic heterocycles. The van der Waals surface area contributed by atoms with E-state index in [4.69, 9.17) is 11.6 Å². The van der Waals surface area contributed by atoms with Crippen LogP contribution in [-0.2, 0) is 10.0 Å². The molecule has 0 aliphatic carbocycles. The number of carbonyl (C=O) groups is 1. The van der Waals surface area contributed by atoms with Gasteiger partial charge in [0.25, 0.3) is 5.91 Å². The Morgan fingerprint density at radius 3 is 2.43 bits per heavy atom. The van der Waals surface area contributed by atoms with Gasteiger partial charge in [0, 0.05) is 30.4 Å². The molecular weight excluding hydrogens is 336 g/mol. The maximum absolute atomic E-state index is 12.3. The van der Waals surface area contributed by atoms with Crippen molar-refractivity contribution in [1.29, 1.82) is 0 Å². The third-order valence-corrected chi connectivity index (χ3v) is 5.48. The first kappa shape index (κ1) is 17.5. The molecule has 1 N–H and O–H groups in total. The molecule has 0 bridgehead atoms. The Balaban J connectivity index is 2.36. The SMILES string of the molecule is Cc1ccc(C(=O)Nc2cccc(Cl)c2)cc1S(=O)(=O)N(C)C. The number of aryl methyl sites for hydroxylation is 1. The van der Waals surface area contributed by atoms with Crippen molar-refractivity contribution in [2.24, 2.45) is 0 Å². The molecule has 0 fully saturated rings. The number of nitrogens with one attached hydrogen (secondary N) is 1. The molecule has 23 heavy (non-hydrogen) atoms. The number of carbonyl (C=O) groups excluding carboxylic acids is 1. The van der Waals surface area contributed by atoms with Crippen molar-refractivity contribution in [2.75, 3.05) is 19.4 Å². The normalized spacial score (nSPS) is 11.5. The fourth-order valence-electron chi connectivity index (χ4n) is 1.99. The van der Waals surface area contributed by atoms with E-state index in [0.29, 0.717) is 16.3 Å². The largest absolute Gasteiger partial charge is 0.322 e. The molecule has 5 nitrogen and oxygen atoms in total. The molecule has 0 saturated heterocycles. The molecule has 0 aliphatic rings. The van der Waals surface area contributed by atoms with Gasteiger partial charge in [-0.25, -0.2) is 12.7 Å². The van der Waals surface area contributed by atoms with Gasteiger partial charge in [-0.1, -0.05) is 23.7 Å². The van der Waals surface area contributed by atoms with E-state index in [0.717, 1.165) is 4.31 Å². The van der Waals surface area contributed by atoms with E-state index in [1.54, 1.807) is 43.3 Å². The third kappa shape index (κ3) is 3.90. The Morgan fingerprint density at radius 1 is 1.13 bits per heavy atom. The number of halogens is 1. The first-order valence-electron chi connectivity index (χ1n) is 6.82. The Labute approximate surface area is 140 Å². The van der Waals surface area contributed by atoms with Gasteiger partial charge in [0.15, 0.2) is 0 Å². The van der Waals surface area contributed by atoms with Crippen LogP contribution in [0.4, 0.5) is 5.69 Å². The number of amides is 1. The number of anilines is 1. The fourth-order valence-corrected chi connectivity index (χ4v) is 3.32. The lowest BCUT2D eigenvalue weighted by Gasteiger charge is -2.14. The van der Waals surface area contributed by atoms with Gasteiger partial charge in [-0.3, -0.25) is 4.79 Å². The zero-order valence-corrected chi connectivity index (χ0v) is 14.6. The highest BCUT2D eigenvalue weighted by Gasteiger charge is 2.21. The minimum Gasteiger partial charge on any atom is -0.322 e. The van der Waals surface area contributed by atoms with E-state index >= 15 is 0 Å². The van der Waals surface area contributed by atoms with Gasteiger partial charge < -0.3 is 5.32 Å². The van der Waals surface area contributed by atoms with Crippen LogP contribution in [-0.4, -0.2) is 32.7 Å². The lowest BCUT2D eigenvalue weighted by molar-refractivity contribution is 0.102. The Bertz CT molecular complexity index is 848. The van der Waals surface area contributed by atoms with Crippen LogP contribution >= 0.6 is 11.6 Å². The second kappa shape index (κ2) is 6.70. The maximum atomic E-state index is 12.3. The minimum atomic E-state index is -3.61. The van der Waals surface area contributed by atoms with Gasteiger partial charge in [-0.2, -0.15) is 0 Å². The van der Waals surface area contributed by atoms with Gasteiger partial charge in [0.1, 0.15) is 0 Å². The smallest absolute Gasteiger partial charge is 0.255 e. The van der Waals surface area contributed by atoms with Crippen LogP contribution in [0.5, 0.6) is 0 Å². The van der Waals surface area contributed by atoms with Crippen LogP contribution in [0.2, 0.25) is 5.02 Å². The summed E-state index contributed by atoms with van der Waals surface area (Å²) in [6.07, 6.45) is 0. The Hall–Kier alpha value is -1.89. The summed E-state index contributed by atoms with van der Waals surface area (Å²) in [7, 11) is -0.707. The predicted octanol–water partition coefficient (Wildman–Crippen LogP) is 3.15. The van der Waals surface area contributed by atoms with E-state index in [-0.39, 0.29) is 10.5 Å². The summed E-state index contributed by atoms with van der Waals surface area (Å²) in [6, 6.07) is 11.3. The standard InChI is InChI=1S/C16H17ClN2O3S/c1-11-7-8-12(9-15(11)23(21,22)19(2)3)16(20)18-14-6-4-5-13(17)10-14/h4-10H,1-3H3,(H,18,20). The molecule has 0 unspecified atom stereocenters. The molecule has 0 radical (unpaired) electrons. The van der Waals surface area contributed by atoms with Crippen molar-refractivity contribution in [2.45, 2.75) is 11.8 Å². The summed E-state index contributed by atoms with van der Waals surface area (Å²) >= 11 is 5.88. The van der Waals surface area contributed by atoms with Crippen LogP contribution in [0, 0.1) is 6.92 Å². The van der Waals surface area contributed by atoms with E-state index < -0.39 is 15.9 Å². The summed E-state index contributed by atoms with van der Waals surface area (Å²) in [6.45, 7) is 1.69. The van der Waals surface area contributed by atoms with Gasteiger partial charge in [0.05, 0.1) is 4.90 Å². The van der Waals surface area contributed by atoms with Crippen LogP contribution in [0.3, 0.4) is 0 Å². The molecular formula is C16H17ClN2O3S. The van der Waals surface area contributed by atoms with Crippen LogP contribution in [0.25, 0.3) is 0 Å². The van der Waals surface area contributed by atoms with E-state index in [2.05, 4.69) is 5.32 Å². The molecule has 0 aliphatic heterocycles. The average Bonchev–Trinajstić information content (AvgIpc) is 2.47. The highest BCUT2D eigenvalue weighted by molar-refractivity contribution is 7.89. The lowest BCUT2D eigenvalue weighted by atomic mass is 10.1. The zero-order valence-electron chi connectivity index (χ0n) is 13.0. The Kier molecular flexibility index (Phi) is 5.09. The van der Waals surface area contributed by atoms with Crippen LogP contribution in [0.15, 0.2) is 47.4 Å².